The van der Waals surface area contributed by atoms with Crippen LogP contribution >= 0.6 is 11.6 Å². The number of aromatic hydroxyl groups is 1. The van der Waals surface area contributed by atoms with E-state index in [-0.39, 0.29) is 11.7 Å². The summed E-state index contributed by atoms with van der Waals surface area (Å²) in [6.45, 7) is 0. The van der Waals surface area contributed by atoms with Crippen molar-refractivity contribution in [1.29, 1.82) is 0 Å². The van der Waals surface area contributed by atoms with Crippen LogP contribution in [-0.2, 0) is 11.2 Å². The van der Waals surface area contributed by atoms with Gasteiger partial charge in [-0.05, 0) is 42.7 Å². The van der Waals surface area contributed by atoms with E-state index in [9.17, 15) is 9.90 Å². The first-order valence-electron chi connectivity index (χ1n) is 7.47. The number of phenols is 1. The van der Waals surface area contributed by atoms with E-state index < -0.39 is 0 Å². The molecule has 2 aromatic carbocycles. The van der Waals surface area contributed by atoms with Gasteiger partial charge in [-0.25, -0.2) is 0 Å². The predicted octanol–water partition coefficient (Wildman–Crippen LogP) is 4.49. The molecule has 23 heavy (non-hydrogen) atoms. The molecule has 0 unspecified atom stereocenters. The van der Waals surface area contributed by atoms with Gasteiger partial charge in [0.15, 0.2) is 0 Å². The van der Waals surface area contributed by atoms with E-state index in [1.807, 2.05) is 24.4 Å². The lowest BCUT2D eigenvalue weighted by Gasteiger charge is -2.07. The van der Waals surface area contributed by atoms with Crippen molar-refractivity contribution in [3.8, 4) is 5.75 Å². The molecule has 0 radical (unpaired) electrons. The molecule has 3 rings (SSSR count). The number of benzene rings is 2. The molecule has 0 aliphatic carbocycles. The number of aromatic amines is 1. The van der Waals surface area contributed by atoms with Gasteiger partial charge < -0.3 is 15.4 Å². The normalized spacial score (nSPS) is 10.8. The third-order valence-corrected chi connectivity index (χ3v) is 3.99. The molecule has 3 aromatic rings. The highest BCUT2D eigenvalue weighted by Gasteiger charge is 2.08. The van der Waals surface area contributed by atoms with Crippen LogP contribution in [0.4, 0.5) is 5.69 Å². The number of phenolic OH excluding ortho intramolecular Hbond substituents is 1. The van der Waals surface area contributed by atoms with E-state index in [0.717, 1.165) is 18.4 Å². The number of halogens is 1. The molecule has 0 atom stereocenters. The zero-order valence-corrected chi connectivity index (χ0v) is 13.2. The Balaban J connectivity index is 1.56. The van der Waals surface area contributed by atoms with E-state index in [2.05, 4.69) is 16.4 Å². The number of H-pyrrole nitrogens is 1. The molecule has 0 saturated carbocycles. The van der Waals surface area contributed by atoms with E-state index in [1.165, 1.54) is 23.1 Å². The number of hydrogen-bond donors (Lipinski definition) is 3. The minimum atomic E-state index is -0.137. The lowest BCUT2D eigenvalue weighted by atomic mass is 10.1. The maximum atomic E-state index is 12.0. The number of rotatable bonds is 5. The Labute approximate surface area is 139 Å². The summed E-state index contributed by atoms with van der Waals surface area (Å²) in [6.07, 6.45) is 3.92. The summed E-state index contributed by atoms with van der Waals surface area (Å²) in [4.78, 5) is 15.2. The smallest absolute Gasteiger partial charge is 0.224 e. The summed E-state index contributed by atoms with van der Waals surface area (Å²) >= 11 is 5.86. The van der Waals surface area contributed by atoms with Crippen LogP contribution in [-0.4, -0.2) is 16.0 Å². The molecule has 118 valence electrons. The zero-order valence-electron chi connectivity index (χ0n) is 12.5. The molecule has 0 fully saturated rings. The summed E-state index contributed by atoms with van der Waals surface area (Å²) in [7, 11) is 0. The van der Waals surface area contributed by atoms with Gasteiger partial charge in [-0.3, -0.25) is 4.79 Å². The van der Waals surface area contributed by atoms with Crippen LogP contribution < -0.4 is 5.32 Å². The number of hydrogen-bond acceptors (Lipinski definition) is 2. The van der Waals surface area contributed by atoms with E-state index in [1.54, 1.807) is 6.07 Å². The van der Waals surface area contributed by atoms with Crippen molar-refractivity contribution in [2.75, 3.05) is 5.32 Å². The third-order valence-electron chi connectivity index (χ3n) is 3.76. The fourth-order valence-corrected chi connectivity index (χ4v) is 2.77. The monoisotopic (exact) mass is 328 g/mol. The van der Waals surface area contributed by atoms with Crippen molar-refractivity contribution in [3.63, 3.8) is 0 Å². The van der Waals surface area contributed by atoms with Crippen molar-refractivity contribution in [3.05, 3.63) is 59.2 Å². The number of carbonyl (C=O) groups excluding carboxylic acids is 1. The highest BCUT2D eigenvalue weighted by molar-refractivity contribution is 6.31. The second-order valence-corrected chi connectivity index (χ2v) is 5.86. The van der Waals surface area contributed by atoms with Crippen molar-refractivity contribution in [2.45, 2.75) is 19.3 Å². The maximum absolute atomic E-state index is 12.0. The van der Waals surface area contributed by atoms with E-state index in [0.29, 0.717) is 17.1 Å². The zero-order chi connectivity index (χ0) is 16.2. The van der Waals surface area contributed by atoms with Crippen LogP contribution in [0.25, 0.3) is 10.9 Å². The second-order valence-electron chi connectivity index (χ2n) is 5.42. The van der Waals surface area contributed by atoms with Crippen LogP contribution in [0, 0.1) is 0 Å². The van der Waals surface area contributed by atoms with Crippen molar-refractivity contribution < 1.29 is 9.90 Å². The lowest BCUT2D eigenvalue weighted by Crippen LogP contribution is -2.11. The molecule has 0 spiro atoms. The standard InChI is InChI=1S/C18H17ClN2O2/c19-13-8-9-17(22)16(10-13)21-18(23)7-3-4-12-11-20-15-6-2-1-5-14(12)15/h1-2,5-6,8-11,20,22H,3-4,7H2,(H,21,23). The minimum absolute atomic E-state index is 0.0133. The van der Waals surface area contributed by atoms with Gasteiger partial charge in [0.1, 0.15) is 5.75 Å². The molecule has 4 nitrogen and oxygen atoms in total. The number of para-hydroxylation sites is 1. The number of carbonyl (C=O) groups is 1. The fourth-order valence-electron chi connectivity index (χ4n) is 2.60. The average molecular weight is 329 g/mol. The first-order chi connectivity index (χ1) is 11.1. The summed E-state index contributed by atoms with van der Waals surface area (Å²) in [6, 6.07) is 12.7. The minimum Gasteiger partial charge on any atom is -0.506 e. The number of aromatic nitrogens is 1. The van der Waals surface area contributed by atoms with Gasteiger partial charge in [0.25, 0.3) is 0 Å². The molecule has 3 N–H and O–H groups in total. The van der Waals surface area contributed by atoms with Gasteiger partial charge in [0.2, 0.25) is 5.91 Å². The Morgan fingerprint density at radius 3 is 2.91 bits per heavy atom. The van der Waals surface area contributed by atoms with E-state index >= 15 is 0 Å². The van der Waals surface area contributed by atoms with Gasteiger partial charge in [-0.15, -0.1) is 0 Å². The Bertz CT molecular complexity index is 842. The van der Waals surface area contributed by atoms with Gasteiger partial charge in [0.05, 0.1) is 5.69 Å². The first kappa shape index (κ1) is 15.4. The topological polar surface area (TPSA) is 65.1 Å². The third kappa shape index (κ3) is 3.66. The Morgan fingerprint density at radius 2 is 2.04 bits per heavy atom. The average Bonchev–Trinajstić information content (AvgIpc) is 2.94. The van der Waals surface area contributed by atoms with Gasteiger partial charge >= 0.3 is 0 Å². The number of amides is 1. The fraction of sp³-hybridized carbons (Fsp3) is 0.167. The second kappa shape index (κ2) is 6.75. The number of nitrogens with one attached hydrogen (secondary N) is 2. The molecule has 1 heterocycles. The quantitative estimate of drug-likeness (QED) is 0.604. The van der Waals surface area contributed by atoms with Crippen LogP contribution in [0.5, 0.6) is 5.75 Å². The van der Waals surface area contributed by atoms with Crippen molar-refractivity contribution in [2.24, 2.45) is 0 Å². The first-order valence-corrected chi connectivity index (χ1v) is 7.84. The molecule has 0 aliphatic heterocycles. The molecule has 1 aromatic heterocycles. The molecular weight excluding hydrogens is 312 g/mol. The molecule has 0 aliphatic rings. The van der Waals surface area contributed by atoms with Gasteiger partial charge in [-0.1, -0.05) is 29.8 Å². The summed E-state index contributed by atoms with van der Waals surface area (Å²) in [5.74, 6) is -0.123. The van der Waals surface area contributed by atoms with Gasteiger partial charge in [-0.2, -0.15) is 0 Å². The number of fused-ring (bicyclic) bond motifs is 1. The Kier molecular flexibility index (Phi) is 4.53. The maximum Gasteiger partial charge on any atom is 0.224 e. The van der Waals surface area contributed by atoms with Crippen LogP contribution in [0.15, 0.2) is 48.7 Å². The lowest BCUT2D eigenvalue weighted by molar-refractivity contribution is -0.116. The molecule has 5 heteroatoms. The highest BCUT2D eigenvalue weighted by atomic mass is 35.5. The molecular formula is C18H17ClN2O2. The highest BCUT2D eigenvalue weighted by Crippen LogP contribution is 2.27. The summed E-state index contributed by atoms with van der Waals surface area (Å²) in [5, 5.41) is 14.1. The van der Waals surface area contributed by atoms with E-state index in [4.69, 9.17) is 11.6 Å². The SMILES string of the molecule is O=C(CCCc1c[nH]c2ccccc12)Nc1cc(Cl)ccc1O. The van der Waals surface area contributed by atoms with Crippen LogP contribution in [0.2, 0.25) is 5.02 Å². The van der Waals surface area contributed by atoms with Gasteiger partial charge in [0, 0.05) is 28.5 Å². The molecule has 0 saturated heterocycles. The molecule has 0 bridgehead atoms. The summed E-state index contributed by atoms with van der Waals surface area (Å²) in [5.41, 5.74) is 2.66. The number of anilines is 1. The largest absolute Gasteiger partial charge is 0.506 e. The summed E-state index contributed by atoms with van der Waals surface area (Å²) < 4.78 is 0. The molecule has 1 amide bonds. The van der Waals surface area contributed by atoms with Crippen molar-refractivity contribution >= 4 is 34.1 Å². The van der Waals surface area contributed by atoms with Crippen molar-refractivity contribution in [1.82, 2.24) is 4.98 Å². The number of aryl methyl sites for hydroxylation is 1. The Hall–Kier alpha value is -2.46. The predicted molar refractivity (Wildman–Crippen MR) is 93.0 cm³/mol. The van der Waals surface area contributed by atoms with Crippen LogP contribution in [0.3, 0.4) is 0 Å². The van der Waals surface area contributed by atoms with Crippen LogP contribution in [0.1, 0.15) is 18.4 Å². The Morgan fingerprint density at radius 1 is 1.22 bits per heavy atom.